The van der Waals surface area contributed by atoms with Crippen LogP contribution in [0.15, 0.2) is 5.16 Å². The maximum absolute atomic E-state index is 4.47. The van der Waals surface area contributed by atoms with Crippen molar-refractivity contribution in [3.05, 3.63) is 5.82 Å². The van der Waals surface area contributed by atoms with E-state index in [0.717, 1.165) is 6.54 Å². The van der Waals surface area contributed by atoms with Crippen molar-refractivity contribution in [2.75, 3.05) is 12.3 Å². The number of hydrogen-bond donors (Lipinski definition) is 1. The molecule has 1 heterocycles. The first kappa shape index (κ1) is 15.3. The van der Waals surface area contributed by atoms with E-state index in [1.807, 2.05) is 11.8 Å². The molecule has 0 bridgehead atoms. The van der Waals surface area contributed by atoms with E-state index in [2.05, 4.69) is 33.9 Å². The van der Waals surface area contributed by atoms with Crippen LogP contribution in [0, 0.1) is 0 Å². The fraction of sp³-hybridized carbons (Fsp3) is 0.875. The Bertz CT molecular complexity index is 451. The molecule has 118 valence electrons. The van der Waals surface area contributed by atoms with Gasteiger partial charge in [0.15, 0.2) is 5.16 Å². The molecule has 0 aliphatic heterocycles. The lowest BCUT2D eigenvalue weighted by molar-refractivity contribution is 0.510. The van der Waals surface area contributed by atoms with E-state index in [1.165, 1.54) is 61.7 Å². The first-order valence-corrected chi connectivity index (χ1v) is 9.59. The fourth-order valence-corrected chi connectivity index (χ4v) is 3.86. The van der Waals surface area contributed by atoms with Crippen LogP contribution in [-0.2, 0) is 0 Å². The van der Waals surface area contributed by atoms with Crippen molar-refractivity contribution in [3.8, 4) is 0 Å². The van der Waals surface area contributed by atoms with Crippen molar-refractivity contribution in [2.24, 2.45) is 0 Å². The van der Waals surface area contributed by atoms with E-state index in [1.54, 1.807) is 0 Å². The van der Waals surface area contributed by atoms with Gasteiger partial charge in [0.25, 0.3) is 0 Å². The first-order chi connectivity index (χ1) is 10.3. The molecule has 21 heavy (non-hydrogen) atoms. The molecule has 1 aromatic rings. The molecule has 0 amide bonds. The summed E-state index contributed by atoms with van der Waals surface area (Å²) in [6, 6.07) is 1.36. The zero-order chi connectivity index (χ0) is 14.7. The normalized spacial score (nSPS) is 19.9. The maximum Gasteiger partial charge on any atom is 0.191 e. The zero-order valence-electron chi connectivity index (χ0n) is 13.3. The fourth-order valence-electron chi connectivity index (χ4n) is 2.85. The Labute approximate surface area is 132 Å². The molecule has 1 aromatic heterocycles. The van der Waals surface area contributed by atoms with Crippen LogP contribution in [0.3, 0.4) is 0 Å². The molecule has 1 atom stereocenters. The Morgan fingerprint density at radius 2 is 2.05 bits per heavy atom. The molecule has 0 radical (unpaired) electrons. The third-order valence-corrected chi connectivity index (χ3v) is 5.39. The van der Waals surface area contributed by atoms with Crippen molar-refractivity contribution in [1.29, 1.82) is 0 Å². The summed E-state index contributed by atoms with van der Waals surface area (Å²) in [6.07, 6.45) is 9.13. The molecule has 2 aliphatic carbocycles. The van der Waals surface area contributed by atoms with Gasteiger partial charge in [-0.05, 0) is 52.0 Å². The lowest BCUT2D eigenvalue weighted by Crippen LogP contribution is -2.25. The highest BCUT2D eigenvalue weighted by Gasteiger charge is 2.36. The van der Waals surface area contributed by atoms with Gasteiger partial charge in [-0.2, -0.15) is 0 Å². The van der Waals surface area contributed by atoms with E-state index in [9.17, 15) is 0 Å². The second kappa shape index (κ2) is 7.14. The third-order valence-electron chi connectivity index (χ3n) is 4.36. The number of rotatable bonds is 10. The minimum absolute atomic E-state index is 0.650. The number of unbranched alkanes of at least 4 members (excludes halogenated alkanes) is 1. The molecule has 4 nitrogen and oxygen atoms in total. The Hall–Kier alpha value is -0.550. The van der Waals surface area contributed by atoms with Crippen LogP contribution in [0.25, 0.3) is 0 Å². The predicted octanol–water partition coefficient (Wildman–Crippen LogP) is 3.75. The summed E-state index contributed by atoms with van der Waals surface area (Å²) in [5.74, 6) is 3.17. The number of thioether (sulfide) groups is 1. The van der Waals surface area contributed by atoms with Gasteiger partial charge < -0.3 is 9.88 Å². The minimum atomic E-state index is 0.650. The molecular weight excluding hydrogens is 280 g/mol. The zero-order valence-corrected chi connectivity index (χ0v) is 14.2. The van der Waals surface area contributed by atoms with Crippen molar-refractivity contribution < 1.29 is 0 Å². The van der Waals surface area contributed by atoms with Crippen LogP contribution in [0.1, 0.15) is 76.6 Å². The Morgan fingerprint density at radius 3 is 2.71 bits per heavy atom. The second-order valence-corrected chi connectivity index (χ2v) is 7.58. The molecule has 2 fully saturated rings. The largest absolute Gasteiger partial charge is 0.315 e. The number of nitrogens with one attached hydrogen (secondary N) is 1. The van der Waals surface area contributed by atoms with Crippen LogP contribution in [-0.4, -0.2) is 33.1 Å². The van der Waals surface area contributed by atoms with E-state index < -0.39 is 0 Å². The first-order valence-electron chi connectivity index (χ1n) is 8.60. The summed E-state index contributed by atoms with van der Waals surface area (Å²) in [7, 11) is 0. The van der Waals surface area contributed by atoms with Crippen molar-refractivity contribution >= 4 is 11.8 Å². The van der Waals surface area contributed by atoms with Gasteiger partial charge in [0.05, 0.1) is 0 Å². The molecule has 1 N–H and O–H groups in total. The highest BCUT2D eigenvalue weighted by molar-refractivity contribution is 7.99. The Balaban J connectivity index is 1.43. The van der Waals surface area contributed by atoms with Crippen LogP contribution in [0.2, 0.25) is 0 Å². The van der Waals surface area contributed by atoms with E-state index in [4.69, 9.17) is 0 Å². The summed E-state index contributed by atoms with van der Waals surface area (Å²) in [5, 5.41) is 13.6. The molecule has 0 saturated heterocycles. The van der Waals surface area contributed by atoms with E-state index in [-0.39, 0.29) is 0 Å². The predicted molar refractivity (Wildman–Crippen MR) is 88.0 cm³/mol. The highest BCUT2D eigenvalue weighted by atomic mass is 32.2. The summed E-state index contributed by atoms with van der Waals surface area (Å²) < 4.78 is 2.46. The standard InChI is InChI=1S/C16H28N4S/c1-3-17-12(2)6-4-5-11-21-16-19-18-15(13-7-8-13)20(16)14-9-10-14/h12-14,17H,3-11H2,1-2H3. The minimum Gasteiger partial charge on any atom is -0.315 e. The van der Waals surface area contributed by atoms with Gasteiger partial charge in [-0.15, -0.1) is 10.2 Å². The Morgan fingerprint density at radius 1 is 1.24 bits per heavy atom. The van der Waals surface area contributed by atoms with Crippen molar-refractivity contribution in [2.45, 2.75) is 82.0 Å². The molecular formula is C16H28N4S. The number of nitrogens with zero attached hydrogens (tertiary/aromatic N) is 3. The van der Waals surface area contributed by atoms with Gasteiger partial charge in [0.1, 0.15) is 5.82 Å². The van der Waals surface area contributed by atoms with Gasteiger partial charge in [-0.3, -0.25) is 0 Å². The quantitative estimate of drug-likeness (QED) is 0.528. The van der Waals surface area contributed by atoms with Gasteiger partial charge in [0.2, 0.25) is 0 Å². The summed E-state index contributed by atoms with van der Waals surface area (Å²) in [4.78, 5) is 0. The number of aromatic nitrogens is 3. The van der Waals surface area contributed by atoms with Gasteiger partial charge >= 0.3 is 0 Å². The lowest BCUT2D eigenvalue weighted by Gasteiger charge is -2.11. The number of hydrogen-bond acceptors (Lipinski definition) is 4. The highest BCUT2D eigenvalue weighted by Crippen LogP contribution is 2.46. The lowest BCUT2D eigenvalue weighted by atomic mass is 10.1. The molecule has 2 saturated carbocycles. The monoisotopic (exact) mass is 308 g/mol. The average Bonchev–Trinajstić information content (AvgIpc) is 3.38. The second-order valence-electron chi connectivity index (χ2n) is 6.52. The van der Waals surface area contributed by atoms with Crippen molar-refractivity contribution in [1.82, 2.24) is 20.1 Å². The SMILES string of the molecule is CCNC(C)CCCCSc1nnc(C2CC2)n1C1CC1. The van der Waals surface area contributed by atoms with E-state index in [0.29, 0.717) is 18.0 Å². The Kier molecular flexibility index (Phi) is 5.22. The van der Waals surface area contributed by atoms with Gasteiger partial charge in [-0.25, -0.2) is 0 Å². The molecule has 0 spiro atoms. The summed E-state index contributed by atoms with van der Waals surface area (Å²) in [6.45, 7) is 5.53. The van der Waals surface area contributed by atoms with Crippen molar-refractivity contribution in [3.63, 3.8) is 0 Å². The van der Waals surface area contributed by atoms with Crippen LogP contribution >= 0.6 is 11.8 Å². The third kappa shape index (κ3) is 4.22. The molecule has 0 aromatic carbocycles. The van der Waals surface area contributed by atoms with E-state index >= 15 is 0 Å². The van der Waals surface area contributed by atoms with Crippen LogP contribution < -0.4 is 5.32 Å². The molecule has 1 unspecified atom stereocenters. The average molecular weight is 308 g/mol. The topological polar surface area (TPSA) is 42.7 Å². The van der Waals surface area contributed by atoms with Crippen LogP contribution in [0.5, 0.6) is 0 Å². The van der Waals surface area contributed by atoms with Gasteiger partial charge in [-0.1, -0.05) is 25.1 Å². The maximum atomic E-state index is 4.47. The van der Waals surface area contributed by atoms with Gasteiger partial charge in [0, 0.05) is 23.8 Å². The summed E-state index contributed by atoms with van der Waals surface area (Å²) in [5.41, 5.74) is 0. The summed E-state index contributed by atoms with van der Waals surface area (Å²) >= 11 is 1.92. The smallest absolute Gasteiger partial charge is 0.191 e. The molecule has 5 heteroatoms. The molecule has 2 aliphatic rings. The molecule has 3 rings (SSSR count). The van der Waals surface area contributed by atoms with Crippen LogP contribution in [0.4, 0.5) is 0 Å².